The van der Waals surface area contributed by atoms with Gasteiger partial charge in [-0.2, -0.15) is 0 Å². The summed E-state index contributed by atoms with van der Waals surface area (Å²) in [6.45, 7) is 1.74. The predicted molar refractivity (Wildman–Crippen MR) is 146 cm³/mol. The molecule has 2 N–H and O–H groups in total. The maximum atomic E-state index is 12.3. The third kappa shape index (κ3) is 5.11. The van der Waals surface area contributed by atoms with E-state index in [-0.39, 0.29) is 10.6 Å². The Morgan fingerprint density at radius 3 is 2.18 bits per heavy atom. The molecule has 188 valence electrons. The quantitative estimate of drug-likeness (QED) is 0.105. The van der Waals surface area contributed by atoms with Gasteiger partial charge >= 0.3 is 5.97 Å². The molecule has 5 rings (SSSR count). The topological polar surface area (TPSA) is 127 Å². The Bertz CT molecular complexity index is 1640. The van der Waals surface area contributed by atoms with Crippen LogP contribution in [0, 0.1) is 17.0 Å². The largest absolute Gasteiger partial charge is 0.477 e. The van der Waals surface area contributed by atoms with Crippen molar-refractivity contribution < 1.29 is 14.8 Å². The number of aryl methyl sites for hydroxylation is 1. The van der Waals surface area contributed by atoms with Gasteiger partial charge in [-0.15, -0.1) is 5.10 Å². The van der Waals surface area contributed by atoms with Crippen LogP contribution < -0.4 is 0 Å². The Kier molecular flexibility index (Phi) is 6.88. The van der Waals surface area contributed by atoms with Crippen molar-refractivity contribution in [2.45, 2.75) is 12.1 Å². The number of nitro groups is 1. The molecular weight excluding hydrogens is 502 g/mol. The van der Waals surface area contributed by atoms with E-state index in [1.54, 1.807) is 25.1 Å². The lowest BCUT2D eigenvalue weighted by atomic mass is 10.1. The van der Waals surface area contributed by atoms with Crippen molar-refractivity contribution in [3.05, 3.63) is 117 Å². The fraction of sp³-hybridized carbons (Fsp3) is 0.0357. The highest BCUT2D eigenvalue weighted by Crippen LogP contribution is 2.38. The number of aliphatic carboxylic acids is 1. The van der Waals surface area contributed by atoms with Gasteiger partial charge < -0.3 is 9.67 Å². The molecule has 0 spiro atoms. The molecule has 10 heteroatoms. The summed E-state index contributed by atoms with van der Waals surface area (Å²) in [6.07, 6.45) is 1.61. The summed E-state index contributed by atoms with van der Waals surface area (Å²) in [7, 11) is 0. The van der Waals surface area contributed by atoms with Crippen LogP contribution >= 0.6 is 11.8 Å². The molecule has 3 aromatic carbocycles. The summed E-state index contributed by atoms with van der Waals surface area (Å²) >= 11 is 0.952. The molecule has 38 heavy (non-hydrogen) atoms. The zero-order chi connectivity index (χ0) is 26.6. The highest BCUT2D eigenvalue weighted by Gasteiger charge is 2.21. The molecule has 0 saturated carbocycles. The first kappa shape index (κ1) is 24.7. The number of benzene rings is 3. The fourth-order valence-electron chi connectivity index (χ4n) is 4.09. The van der Waals surface area contributed by atoms with E-state index in [1.807, 2.05) is 71.3 Å². The van der Waals surface area contributed by atoms with Gasteiger partial charge in [0, 0.05) is 23.4 Å². The molecule has 0 unspecified atom stereocenters. The number of rotatable bonds is 8. The number of thioether (sulfide) groups is 1. The zero-order valence-electron chi connectivity index (χ0n) is 20.1. The Hall–Kier alpha value is -4.96. The number of hydrogen-bond donors (Lipinski definition) is 2. The van der Waals surface area contributed by atoms with Crippen LogP contribution in [0.25, 0.3) is 34.3 Å². The molecule has 0 radical (unpaired) electrons. The van der Waals surface area contributed by atoms with Crippen LogP contribution in [0.3, 0.4) is 0 Å². The van der Waals surface area contributed by atoms with Crippen molar-refractivity contribution in [2.75, 3.05) is 0 Å². The molecule has 0 fully saturated rings. The number of nitrogens with one attached hydrogen (secondary N) is 1. The molecule has 0 saturated heterocycles. The van der Waals surface area contributed by atoms with E-state index >= 15 is 0 Å². The molecule has 0 aliphatic heterocycles. The SMILES string of the molecule is Cc1nc(S/C(=C\c2cc(-c3ccccc3)n(-c3ccc([N+](=O)[O-])cc3)c2-c2ccccc2)C(=O)O)n[nH]1. The second-order valence-electron chi connectivity index (χ2n) is 8.29. The number of aromatic nitrogens is 4. The Balaban J connectivity index is 1.78. The number of hydrogen-bond acceptors (Lipinski definition) is 6. The molecule has 2 heterocycles. The maximum Gasteiger partial charge on any atom is 0.342 e. The van der Waals surface area contributed by atoms with Gasteiger partial charge in [-0.3, -0.25) is 15.2 Å². The van der Waals surface area contributed by atoms with Crippen molar-refractivity contribution in [1.29, 1.82) is 0 Å². The van der Waals surface area contributed by atoms with E-state index < -0.39 is 10.9 Å². The Labute approximate surface area is 221 Å². The summed E-state index contributed by atoms with van der Waals surface area (Å²) in [5, 5.41) is 28.4. The molecule has 2 aromatic heterocycles. The smallest absolute Gasteiger partial charge is 0.342 e. The van der Waals surface area contributed by atoms with Crippen LogP contribution in [0.2, 0.25) is 0 Å². The average molecular weight is 524 g/mol. The van der Waals surface area contributed by atoms with Crippen LogP contribution in [0.15, 0.2) is 101 Å². The van der Waals surface area contributed by atoms with Crippen molar-refractivity contribution in [2.24, 2.45) is 0 Å². The first-order valence-electron chi connectivity index (χ1n) is 11.5. The maximum absolute atomic E-state index is 12.3. The summed E-state index contributed by atoms with van der Waals surface area (Å²) in [6, 6.07) is 27.5. The summed E-state index contributed by atoms with van der Waals surface area (Å²) in [4.78, 5) is 27.4. The van der Waals surface area contributed by atoms with E-state index in [0.717, 1.165) is 34.3 Å². The Morgan fingerprint density at radius 2 is 1.63 bits per heavy atom. The fourth-order valence-corrected chi connectivity index (χ4v) is 4.83. The minimum Gasteiger partial charge on any atom is -0.477 e. The van der Waals surface area contributed by atoms with Gasteiger partial charge in [0.15, 0.2) is 0 Å². The number of nitrogens with zero attached hydrogens (tertiary/aromatic N) is 4. The molecule has 0 aliphatic rings. The predicted octanol–water partition coefficient (Wildman–Crippen LogP) is 6.36. The minimum atomic E-state index is -1.11. The number of carboxylic acid groups (broad SMARTS) is 1. The third-order valence-corrected chi connectivity index (χ3v) is 6.62. The summed E-state index contributed by atoms with van der Waals surface area (Å²) in [5.74, 6) is -0.529. The van der Waals surface area contributed by atoms with E-state index in [0.29, 0.717) is 22.2 Å². The van der Waals surface area contributed by atoms with Gasteiger partial charge in [-0.05, 0) is 54.1 Å². The first-order valence-corrected chi connectivity index (χ1v) is 12.4. The standard InChI is InChI=1S/C28H21N5O4S/c1-18-29-28(31-30-18)38-25(27(34)35)17-21-16-24(19-8-4-2-5-9-19)32(26(21)20-10-6-3-7-11-20)22-12-14-23(15-13-22)33(36)37/h2-17H,1H3,(H,34,35)(H,29,30,31)/b25-17-. The third-order valence-electron chi connectivity index (χ3n) is 5.74. The van der Waals surface area contributed by atoms with Crippen molar-refractivity contribution in [3.63, 3.8) is 0 Å². The van der Waals surface area contributed by atoms with Crippen LogP contribution in [-0.2, 0) is 4.79 Å². The normalized spacial score (nSPS) is 11.4. The number of carboxylic acids is 1. The number of aromatic amines is 1. The van der Waals surface area contributed by atoms with Gasteiger partial charge in [0.25, 0.3) is 5.69 Å². The van der Waals surface area contributed by atoms with Gasteiger partial charge in [0.1, 0.15) is 10.7 Å². The van der Waals surface area contributed by atoms with E-state index in [4.69, 9.17) is 0 Å². The zero-order valence-corrected chi connectivity index (χ0v) is 20.9. The van der Waals surface area contributed by atoms with Gasteiger partial charge in [-0.25, -0.2) is 9.78 Å². The Morgan fingerprint density at radius 1 is 1.00 bits per heavy atom. The van der Waals surface area contributed by atoms with Crippen LogP contribution in [0.1, 0.15) is 11.4 Å². The number of non-ortho nitro benzene ring substituents is 1. The number of H-pyrrole nitrogens is 1. The second kappa shape index (κ2) is 10.6. The monoisotopic (exact) mass is 523 g/mol. The molecule has 0 aliphatic carbocycles. The summed E-state index contributed by atoms with van der Waals surface area (Å²) in [5.41, 5.74) is 4.62. The van der Waals surface area contributed by atoms with Crippen molar-refractivity contribution in [1.82, 2.24) is 19.7 Å². The molecule has 0 bridgehead atoms. The molecular formula is C28H21N5O4S. The van der Waals surface area contributed by atoms with E-state index in [2.05, 4.69) is 15.2 Å². The molecule has 0 amide bonds. The lowest BCUT2D eigenvalue weighted by molar-refractivity contribution is -0.384. The minimum absolute atomic E-state index is 0.0186. The van der Waals surface area contributed by atoms with Crippen molar-refractivity contribution in [3.8, 4) is 28.2 Å². The van der Waals surface area contributed by atoms with Crippen LogP contribution in [0.4, 0.5) is 5.69 Å². The van der Waals surface area contributed by atoms with Crippen molar-refractivity contribution >= 4 is 29.5 Å². The van der Waals surface area contributed by atoms with Crippen LogP contribution in [0.5, 0.6) is 0 Å². The number of nitro benzene ring substituents is 1. The highest BCUT2D eigenvalue weighted by atomic mass is 32.2. The van der Waals surface area contributed by atoms with Gasteiger partial charge in [0.2, 0.25) is 5.16 Å². The molecule has 5 aromatic rings. The first-order chi connectivity index (χ1) is 18.4. The summed E-state index contributed by atoms with van der Waals surface area (Å²) < 4.78 is 1.99. The lowest BCUT2D eigenvalue weighted by Crippen LogP contribution is -2.01. The van der Waals surface area contributed by atoms with Gasteiger partial charge in [0.05, 0.1) is 16.3 Å². The molecule has 9 nitrogen and oxygen atoms in total. The molecule has 0 atom stereocenters. The van der Waals surface area contributed by atoms with E-state index in [1.165, 1.54) is 12.1 Å². The number of carbonyl (C=O) groups is 1. The lowest BCUT2D eigenvalue weighted by Gasteiger charge is -2.15. The second-order valence-corrected chi connectivity index (χ2v) is 9.30. The van der Waals surface area contributed by atoms with Crippen LogP contribution in [-0.4, -0.2) is 35.7 Å². The van der Waals surface area contributed by atoms with E-state index in [9.17, 15) is 20.0 Å². The highest BCUT2D eigenvalue weighted by molar-refractivity contribution is 8.04. The average Bonchev–Trinajstić information content (AvgIpc) is 3.52. The van der Waals surface area contributed by atoms with Gasteiger partial charge in [-0.1, -0.05) is 60.7 Å².